The first-order valence-electron chi connectivity index (χ1n) is 11.0. The van der Waals surface area contributed by atoms with Crippen LogP contribution in [-0.2, 0) is 24.5 Å². The number of nitrogens with two attached hydrogens (primary N) is 1. The van der Waals surface area contributed by atoms with Crippen LogP contribution in [0.3, 0.4) is 0 Å². The molecule has 178 valence electrons. The van der Waals surface area contributed by atoms with E-state index in [1.807, 2.05) is 6.92 Å². The fraction of sp³-hybridized carbons (Fsp3) is 0.240. The van der Waals surface area contributed by atoms with Gasteiger partial charge in [0.25, 0.3) is 12.3 Å². The molecule has 0 aliphatic carbocycles. The minimum atomic E-state index is -2.61. The zero-order valence-electron chi connectivity index (χ0n) is 18.9. The second-order valence-electron chi connectivity index (χ2n) is 8.28. The van der Waals surface area contributed by atoms with Crippen molar-refractivity contribution in [2.24, 2.45) is 0 Å². The molecule has 0 saturated carbocycles. The zero-order chi connectivity index (χ0) is 24.5. The molecule has 0 unspecified atom stereocenters. The van der Waals surface area contributed by atoms with Crippen LogP contribution in [0.1, 0.15) is 58.0 Å². The Labute approximate surface area is 199 Å². The molecule has 0 spiro atoms. The monoisotopic (exact) mass is 476 g/mol. The second kappa shape index (κ2) is 9.30. The number of fused-ring (bicyclic) bond motifs is 3. The number of benzene rings is 1. The van der Waals surface area contributed by atoms with Crippen LogP contribution in [0.2, 0.25) is 0 Å². The highest BCUT2D eigenvalue weighted by atomic mass is 19.3. The number of rotatable bonds is 6. The van der Waals surface area contributed by atoms with E-state index in [0.717, 1.165) is 22.7 Å². The highest BCUT2D eigenvalue weighted by Crippen LogP contribution is 2.32. The number of anilines is 1. The summed E-state index contributed by atoms with van der Waals surface area (Å²) >= 11 is 0. The summed E-state index contributed by atoms with van der Waals surface area (Å²) in [5, 5.41) is 0.806. The molecule has 0 fully saturated rings. The number of aromatic nitrogens is 4. The predicted octanol–water partition coefficient (Wildman–Crippen LogP) is 4.37. The Hall–Kier alpha value is -4.05. The largest absolute Gasteiger partial charge is 0.383 e. The molecule has 3 aromatic heterocycles. The highest BCUT2D eigenvalue weighted by Gasteiger charge is 2.27. The van der Waals surface area contributed by atoms with E-state index in [9.17, 15) is 13.6 Å². The Kier molecular flexibility index (Phi) is 6.04. The molecule has 35 heavy (non-hydrogen) atoms. The van der Waals surface area contributed by atoms with Gasteiger partial charge < -0.3 is 15.4 Å². The first-order chi connectivity index (χ1) is 16.9. The maximum atomic E-state index is 13.8. The number of amides is 1. The number of halogens is 2. The number of alkyl halides is 2. The van der Waals surface area contributed by atoms with E-state index in [0.29, 0.717) is 41.6 Å². The maximum Gasteiger partial charge on any atom is 0.265 e. The highest BCUT2D eigenvalue weighted by molar-refractivity contribution is 5.99. The number of carbonyl (C=O) groups excluding carboxylic acids is 1. The second-order valence-corrected chi connectivity index (χ2v) is 8.28. The van der Waals surface area contributed by atoms with Crippen LogP contribution in [0.15, 0.2) is 55.0 Å². The molecule has 1 atom stereocenters. The van der Waals surface area contributed by atoms with Gasteiger partial charge >= 0.3 is 0 Å². The van der Waals surface area contributed by atoms with Gasteiger partial charge in [-0.3, -0.25) is 9.78 Å². The molecule has 0 saturated heterocycles. The quantitative estimate of drug-likeness (QED) is 0.440. The maximum absolute atomic E-state index is 13.8. The molecular formula is C25H22F2N6O2. The van der Waals surface area contributed by atoms with Crippen molar-refractivity contribution >= 4 is 22.6 Å². The SMILES string of the molecule is C[C@H](c1ncccn1)N(Cc1ccc(C(F)F)cn1)C(=O)c1ccc2nc(N)c3c(c2c1)COC3. The Balaban J connectivity index is 1.53. The van der Waals surface area contributed by atoms with Crippen LogP contribution >= 0.6 is 0 Å². The molecule has 1 aliphatic rings. The van der Waals surface area contributed by atoms with Gasteiger partial charge in [-0.05, 0) is 48.9 Å². The van der Waals surface area contributed by atoms with Gasteiger partial charge in [0.15, 0.2) is 0 Å². The Morgan fingerprint density at radius 2 is 1.89 bits per heavy atom. The zero-order valence-corrected chi connectivity index (χ0v) is 18.9. The van der Waals surface area contributed by atoms with E-state index in [1.165, 1.54) is 12.1 Å². The molecule has 2 N–H and O–H groups in total. The van der Waals surface area contributed by atoms with E-state index in [1.54, 1.807) is 41.6 Å². The Morgan fingerprint density at radius 3 is 2.60 bits per heavy atom. The van der Waals surface area contributed by atoms with Gasteiger partial charge in [-0.1, -0.05) is 0 Å². The standard InChI is InChI=1S/C25H22F2N6O2/c1-14(24-29-7-2-8-30-24)33(11-17-5-3-16(10-31-17)22(26)27)25(34)15-4-6-21-18(9-15)19-12-35-13-20(19)23(28)32-21/h2-10,14,22H,11-13H2,1H3,(H2,28,32)/t14-/m1/s1. The third kappa shape index (κ3) is 4.40. The van der Waals surface area contributed by atoms with Crippen molar-refractivity contribution in [3.8, 4) is 0 Å². The molecule has 10 heteroatoms. The van der Waals surface area contributed by atoms with Gasteiger partial charge in [0.1, 0.15) is 11.6 Å². The fourth-order valence-corrected chi connectivity index (χ4v) is 4.15. The normalized spacial score (nSPS) is 13.7. The minimum Gasteiger partial charge on any atom is -0.383 e. The molecule has 1 amide bonds. The topological polar surface area (TPSA) is 107 Å². The lowest BCUT2D eigenvalue weighted by molar-refractivity contribution is 0.0663. The summed E-state index contributed by atoms with van der Waals surface area (Å²) < 4.78 is 31.5. The molecule has 0 bridgehead atoms. The third-order valence-corrected chi connectivity index (χ3v) is 6.10. The van der Waals surface area contributed by atoms with Crippen LogP contribution in [-0.4, -0.2) is 30.7 Å². The van der Waals surface area contributed by atoms with E-state index in [-0.39, 0.29) is 18.0 Å². The smallest absolute Gasteiger partial charge is 0.265 e. The van der Waals surface area contributed by atoms with Gasteiger partial charge in [-0.2, -0.15) is 0 Å². The summed E-state index contributed by atoms with van der Waals surface area (Å²) in [5.74, 6) is 0.601. The summed E-state index contributed by atoms with van der Waals surface area (Å²) in [5.41, 5.74) is 9.24. The predicted molar refractivity (Wildman–Crippen MR) is 124 cm³/mol. The van der Waals surface area contributed by atoms with E-state index >= 15 is 0 Å². The molecule has 5 rings (SSSR count). The van der Waals surface area contributed by atoms with Gasteiger partial charge in [0, 0.05) is 40.7 Å². The van der Waals surface area contributed by atoms with Crippen LogP contribution in [0.4, 0.5) is 14.6 Å². The molecule has 4 heterocycles. The molecule has 1 aliphatic heterocycles. The van der Waals surface area contributed by atoms with E-state index in [2.05, 4.69) is 19.9 Å². The van der Waals surface area contributed by atoms with Crippen LogP contribution in [0.25, 0.3) is 10.9 Å². The fourth-order valence-electron chi connectivity index (χ4n) is 4.15. The van der Waals surface area contributed by atoms with Gasteiger partial charge in [-0.25, -0.2) is 23.7 Å². The van der Waals surface area contributed by atoms with Crippen LogP contribution in [0.5, 0.6) is 0 Å². The van der Waals surface area contributed by atoms with Crippen molar-refractivity contribution in [3.63, 3.8) is 0 Å². The molecule has 8 nitrogen and oxygen atoms in total. The Morgan fingerprint density at radius 1 is 1.11 bits per heavy atom. The number of pyridine rings is 2. The van der Waals surface area contributed by atoms with Crippen LogP contribution in [0, 0.1) is 0 Å². The van der Waals surface area contributed by atoms with Crippen molar-refractivity contribution in [1.82, 2.24) is 24.8 Å². The summed E-state index contributed by atoms with van der Waals surface area (Å²) in [6.45, 7) is 2.68. The molecule has 0 radical (unpaired) electrons. The minimum absolute atomic E-state index is 0.0843. The number of hydrogen-bond acceptors (Lipinski definition) is 7. The third-order valence-electron chi connectivity index (χ3n) is 6.10. The van der Waals surface area contributed by atoms with Gasteiger partial charge in [-0.15, -0.1) is 0 Å². The van der Waals surface area contributed by atoms with Crippen molar-refractivity contribution in [2.45, 2.75) is 39.1 Å². The van der Waals surface area contributed by atoms with Crippen LogP contribution < -0.4 is 5.73 Å². The van der Waals surface area contributed by atoms with Gasteiger partial charge in [0.2, 0.25) is 0 Å². The summed E-state index contributed by atoms with van der Waals surface area (Å²) in [6, 6.07) is 9.24. The average molecular weight is 476 g/mol. The molecule has 4 aromatic rings. The molecular weight excluding hydrogens is 454 g/mol. The number of hydrogen-bond donors (Lipinski definition) is 1. The van der Waals surface area contributed by atoms with E-state index < -0.39 is 12.5 Å². The molecule has 1 aromatic carbocycles. The van der Waals surface area contributed by atoms with Crippen molar-refractivity contribution in [2.75, 3.05) is 5.73 Å². The lowest BCUT2D eigenvalue weighted by Gasteiger charge is -2.28. The Bertz CT molecular complexity index is 1380. The average Bonchev–Trinajstić information content (AvgIpc) is 3.38. The summed E-state index contributed by atoms with van der Waals surface area (Å²) in [7, 11) is 0. The first-order valence-corrected chi connectivity index (χ1v) is 11.0. The van der Waals surface area contributed by atoms with E-state index in [4.69, 9.17) is 10.5 Å². The summed E-state index contributed by atoms with van der Waals surface area (Å²) in [6.07, 6.45) is 1.72. The van der Waals surface area contributed by atoms with Crippen molar-refractivity contribution < 1.29 is 18.3 Å². The summed E-state index contributed by atoms with van der Waals surface area (Å²) in [4.78, 5) is 32.6. The first kappa shape index (κ1) is 22.7. The number of nitrogens with zero attached hydrogens (tertiary/aromatic N) is 5. The number of carbonyl (C=O) groups is 1. The lowest BCUT2D eigenvalue weighted by Crippen LogP contribution is -2.34. The van der Waals surface area contributed by atoms with Crippen molar-refractivity contribution in [1.29, 1.82) is 0 Å². The lowest BCUT2D eigenvalue weighted by atomic mass is 10.0. The van der Waals surface area contributed by atoms with Gasteiger partial charge in [0.05, 0.1) is 37.0 Å². The number of ether oxygens (including phenoxy) is 1. The van der Waals surface area contributed by atoms with Crippen molar-refractivity contribution in [3.05, 3.63) is 88.8 Å². The number of nitrogen functional groups attached to an aromatic ring is 1.